The highest BCUT2D eigenvalue weighted by Crippen LogP contribution is 2.54. The van der Waals surface area contributed by atoms with E-state index in [-0.39, 0.29) is 0 Å². The summed E-state index contributed by atoms with van der Waals surface area (Å²) in [6.07, 6.45) is 4.16. The molecule has 0 aromatic heterocycles. The Kier molecular flexibility index (Phi) is 2.66. The minimum atomic E-state index is 0.580. The van der Waals surface area contributed by atoms with Crippen LogP contribution in [0.15, 0.2) is 65.8 Å². The van der Waals surface area contributed by atoms with Crippen LogP contribution in [0.5, 0.6) is 0 Å². The van der Waals surface area contributed by atoms with Crippen LogP contribution in [0.3, 0.4) is 0 Å². The van der Waals surface area contributed by atoms with Crippen LogP contribution in [0.2, 0.25) is 0 Å². The molecule has 2 aromatic rings. The Morgan fingerprint density at radius 1 is 0.818 bits per heavy atom. The number of rotatable bonds is 2. The molecule has 2 nitrogen and oxygen atoms in total. The molecule has 2 fully saturated rings. The highest BCUT2D eigenvalue weighted by molar-refractivity contribution is 6.05. The molecule has 2 aromatic carbocycles. The first-order valence-electron chi connectivity index (χ1n) is 8.40. The van der Waals surface area contributed by atoms with Crippen LogP contribution in [0, 0.1) is 17.8 Å². The quantitative estimate of drug-likeness (QED) is 0.803. The molecular formula is C20H20N2. The second-order valence-corrected chi connectivity index (χ2v) is 6.88. The fraction of sp³-hybridized carbons (Fsp3) is 0.350. The number of nitrogens with zero attached hydrogens (tertiary/aromatic N) is 2. The van der Waals surface area contributed by atoms with Crippen molar-refractivity contribution in [2.75, 3.05) is 5.01 Å². The molecule has 1 heterocycles. The van der Waals surface area contributed by atoms with Crippen molar-refractivity contribution in [2.45, 2.75) is 25.3 Å². The van der Waals surface area contributed by atoms with E-state index in [0.717, 1.165) is 11.8 Å². The largest absolute Gasteiger partial charge is 0.261 e. The van der Waals surface area contributed by atoms with E-state index in [1.165, 1.54) is 36.2 Å². The second-order valence-electron chi connectivity index (χ2n) is 6.88. The van der Waals surface area contributed by atoms with Gasteiger partial charge in [-0.15, -0.1) is 0 Å². The first-order chi connectivity index (χ1) is 10.9. The molecule has 1 aliphatic heterocycles. The highest BCUT2D eigenvalue weighted by Gasteiger charge is 2.55. The Bertz CT molecular complexity index is 707. The summed E-state index contributed by atoms with van der Waals surface area (Å²) in [7, 11) is 0. The summed E-state index contributed by atoms with van der Waals surface area (Å²) < 4.78 is 0. The Morgan fingerprint density at radius 2 is 1.50 bits per heavy atom. The number of benzene rings is 2. The molecule has 0 saturated heterocycles. The number of hydrogen-bond acceptors (Lipinski definition) is 2. The average molecular weight is 288 g/mol. The normalized spacial score (nSPS) is 32.2. The monoisotopic (exact) mass is 288 g/mol. The van der Waals surface area contributed by atoms with Crippen molar-refractivity contribution in [3.63, 3.8) is 0 Å². The maximum atomic E-state index is 5.10. The molecule has 4 atom stereocenters. The number of fused-ring (bicyclic) bond motifs is 5. The minimum Gasteiger partial charge on any atom is -0.261 e. The second kappa shape index (κ2) is 4.70. The van der Waals surface area contributed by atoms with Gasteiger partial charge in [0.2, 0.25) is 0 Å². The Balaban J connectivity index is 1.62. The third kappa shape index (κ3) is 1.70. The standard InChI is InChI=1S/C20H20N2/c1-3-7-14(8-4-1)19-18-15-11-12-16(13-15)20(18)22(21-19)17-9-5-2-6-10-17/h1-10,15-16,18,20H,11-13H2/t15-,16-,18-,20+/m1/s1. The maximum Gasteiger partial charge on any atom is 0.0737 e. The summed E-state index contributed by atoms with van der Waals surface area (Å²) in [4.78, 5) is 0. The van der Waals surface area contributed by atoms with Gasteiger partial charge in [0.25, 0.3) is 0 Å². The summed E-state index contributed by atoms with van der Waals surface area (Å²) >= 11 is 0. The van der Waals surface area contributed by atoms with Crippen LogP contribution < -0.4 is 5.01 Å². The molecular weight excluding hydrogens is 268 g/mol. The Hall–Kier alpha value is -2.09. The molecule has 22 heavy (non-hydrogen) atoms. The number of para-hydroxylation sites is 1. The van der Waals surface area contributed by atoms with Crippen molar-refractivity contribution in [3.05, 3.63) is 66.2 Å². The molecule has 110 valence electrons. The van der Waals surface area contributed by atoms with Crippen molar-refractivity contribution in [1.29, 1.82) is 0 Å². The SMILES string of the molecule is c1ccc(C2=NN(c3ccccc3)[C@H]3[C@@H]4CC[C@H](C4)[C@H]23)cc1. The van der Waals surface area contributed by atoms with E-state index in [1.807, 2.05) is 0 Å². The van der Waals surface area contributed by atoms with Gasteiger partial charge in [-0.1, -0.05) is 48.5 Å². The molecule has 0 radical (unpaired) electrons. The van der Waals surface area contributed by atoms with E-state index in [0.29, 0.717) is 12.0 Å². The van der Waals surface area contributed by atoms with Crippen LogP contribution in [0.4, 0.5) is 5.69 Å². The van der Waals surface area contributed by atoms with Gasteiger partial charge < -0.3 is 0 Å². The van der Waals surface area contributed by atoms with Crippen molar-refractivity contribution in [2.24, 2.45) is 22.9 Å². The molecule has 3 aliphatic rings. The number of hydrazone groups is 1. The highest BCUT2D eigenvalue weighted by atomic mass is 15.5. The van der Waals surface area contributed by atoms with Crippen molar-refractivity contribution < 1.29 is 0 Å². The van der Waals surface area contributed by atoms with Gasteiger partial charge in [0.05, 0.1) is 17.4 Å². The van der Waals surface area contributed by atoms with Crippen LogP contribution in [-0.2, 0) is 0 Å². The molecule has 0 unspecified atom stereocenters. The molecule has 2 aliphatic carbocycles. The third-order valence-electron chi connectivity index (χ3n) is 5.78. The van der Waals surface area contributed by atoms with Crippen molar-refractivity contribution in [3.8, 4) is 0 Å². The van der Waals surface area contributed by atoms with Gasteiger partial charge in [0.15, 0.2) is 0 Å². The predicted octanol–water partition coefficient (Wildman–Crippen LogP) is 4.33. The van der Waals surface area contributed by atoms with Crippen molar-refractivity contribution >= 4 is 11.4 Å². The summed E-state index contributed by atoms with van der Waals surface area (Å²) in [5, 5.41) is 7.43. The lowest BCUT2D eigenvalue weighted by molar-refractivity contribution is 0.364. The molecule has 2 heteroatoms. The van der Waals surface area contributed by atoms with Crippen LogP contribution in [0.25, 0.3) is 0 Å². The molecule has 0 N–H and O–H groups in total. The lowest BCUT2D eigenvalue weighted by Gasteiger charge is -2.31. The summed E-state index contributed by atoms with van der Waals surface area (Å²) in [6.45, 7) is 0. The zero-order valence-corrected chi connectivity index (χ0v) is 12.6. The molecule has 2 saturated carbocycles. The van der Waals surface area contributed by atoms with Crippen LogP contribution in [-0.4, -0.2) is 11.8 Å². The Morgan fingerprint density at radius 3 is 2.27 bits per heavy atom. The molecule has 0 spiro atoms. The molecule has 0 amide bonds. The maximum absolute atomic E-state index is 5.10. The lowest BCUT2D eigenvalue weighted by atomic mass is 9.80. The molecule has 2 bridgehead atoms. The van der Waals surface area contributed by atoms with Crippen LogP contribution >= 0.6 is 0 Å². The fourth-order valence-corrected chi connectivity index (χ4v) is 4.92. The number of anilines is 1. The van der Waals surface area contributed by atoms with E-state index in [2.05, 4.69) is 65.7 Å². The lowest BCUT2D eigenvalue weighted by Crippen LogP contribution is -2.38. The minimum absolute atomic E-state index is 0.580. The van der Waals surface area contributed by atoms with Gasteiger partial charge in [0.1, 0.15) is 0 Å². The van der Waals surface area contributed by atoms with E-state index in [1.54, 1.807) is 0 Å². The zero-order valence-electron chi connectivity index (χ0n) is 12.6. The predicted molar refractivity (Wildman–Crippen MR) is 90.0 cm³/mol. The fourth-order valence-electron chi connectivity index (χ4n) is 4.92. The van der Waals surface area contributed by atoms with Gasteiger partial charge in [-0.3, -0.25) is 5.01 Å². The van der Waals surface area contributed by atoms with Gasteiger partial charge >= 0.3 is 0 Å². The first kappa shape index (κ1) is 12.5. The van der Waals surface area contributed by atoms with E-state index in [4.69, 9.17) is 5.10 Å². The number of hydrogen-bond donors (Lipinski definition) is 0. The summed E-state index contributed by atoms with van der Waals surface area (Å²) in [5.74, 6) is 2.28. The topological polar surface area (TPSA) is 15.6 Å². The van der Waals surface area contributed by atoms with E-state index < -0.39 is 0 Å². The van der Waals surface area contributed by atoms with Gasteiger partial charge in [0, 0.05) is 5.92 Å². The first-order valence-corrected chi connectivity index (χ1v) is 8.40. The summed E-state index contributed by atoms with van der Waals surface area (Å²) in [6, 6.07) is 22.1. The summed E-state index contributed by atoms with van der Waals surface area (Å²) in [5.41, 5.74) is 3.88. The Labute approximate surface area is 131 Å². The zero-order chi connectivity index (χ0) is 14.5. The molecule has 5 rings (SSSR count). The van der Waals surface area contributed by atoms with E-state index >= 15 is 0 Å². The van der Waals surface area contributed by atoms with Gasteiger partial charge in [-0.25, -0.2) is 0 Å². The average Bonchev–Trinajstić information content (AvgIpc) is 3.29. The van der Waals surface area contributed by atoms with Crippen LogP contribution in [0.1, 0.15) is 24.8 Å². The van der Waals surface area contributed by atoms with E-state index in [9.17, 15) is 0 Å². The van der Waals surface area contributed by atoms with Gasteiger partial charge in [-0.2, -0.15) is 5.10 Å². The third-order valence-corrected chi connectivity index (χ3v) is 5.78. The van der Waals surface area contributed by atoms with Crippen molar-refractivity contribution in [1.82, 2.24) is 0 Å². The smallest absolute Gasteiger partial charge is 0.0737 e. The van der Waals surface area contributed by atoms with Gasteiger partial charge in [-0.05, 0) is 48.8 Å².